The lowest BCUT2D eigenvalue weighted by Crippen LogP contribution is -2.45. The van der Waals surface area contributed by atoms with Gasteiger partial charge in [0.15, 0.2) is 0 Å². The molecule has 0 radical (unpaired) electrons. The monoisotopic (exact) mass is 455 g/mol. The van der Waals surface area contributed by atoms with Crippen molar-refractivity contribution in [2.45, 2.75) is 43.7 Å². The fourth-order valence-corrected chi connectivity index (χ4v) is 5.95. The van der Waals surface area contributed by atoms with Gasteiger partial charge in [0.05, 0.1) is 10.8 Å². The molecule has 0 spiro atoms. The lowest BCUT2D eigenvalue weighted by Gasteiger charge is -2.31. The quantitative estimate of drug-likeness (QED) is 0.695. The van der Waals surface area contributed by atoms with Gasteiger partial charge < -0.3 is 10.2 Å². The van der Waals surface area contributed by atoms with Crippen LogP contribution in [0.15, 0.2) is 59.5 Å². The molecule has 8 heteroatoms. The summed E-state index contributed by atoms with van der Waals surface area (Å²) in [7, 11) is -3.61. The second kappa shape index (κ2) is 9.83. The van der Waals surface area contributed by atoms with Crippen LogP contribution in [0, 0.1) is 5.92 Å². The number of benzene rings is 2. The normalized spacial score (nSPS) is 19.8. The van der Waals surface area contributed by atoms with E-state index in [0.29, 0.717) is 38.9 Å². The average molecular weight is 456 g/mol. The molecule has 2 aliphatic rings. The molecular weight excluding hydrogens is 426 g/mol. The van der Waals surface area contributed by atoms with Crippen molar-refractivity contribution in [1.29, 1.82) is 0 Å². The summed E-state index contributed by atoms with van der Waals surface area (Å²) in [6, 6.07) is 16.2. The van der Waals surface area contributed by atoms with E-state index in [0.717, 1.165) is 24.1 Å². The number of piperidine rings is 1. The summed E-state index contributed by atoms with van der Waals surface area (Å²) in [6.07, 6.45) is 2.80. The Labute approximate surface area is 189 Å². The van der Waals surface area contributed by atoms with Crippen LogP contribution in [0.3, 0.4) is 0 Å². The van der Waals surface area contributed by atoms with Crippen molar-refractivity contribution in [3.63, 3.8) is 0 Å². The van der Waals surface area contributed by atoms with Crippen molar-refractivity contribution in [2.24, 2.45) is 5.92 Å². The molecule has 0 aliphatic carbocycles. The Morgan fingerprint density at radius 2 is 1.69 bits per heavy atom. The van der Waals surface area contributed by atoms with Gasteiger partial charge in [-0.05, 0) is 42.5 Å². The highest BCUT2D eigenvalue weighted by molar-refractivity contribution is 7.89. The summed E-state index contributed by atoms with van der Waals surface area (Å²) in [5.41, 5.74) is 2.00. The third-order valence-electron chi connectivity index (χ3n) is 6.24. The van der Waals surface area contributed by atoms with Crippen LogP contribution in [0.1, 0.15) is 36.8 Å². The number of hydrogen-bond acceptors (Lipinski definition) is 4. The molecule has 4 rings (SSSR count). The largest absolute Gasteiger partial charge is 0.352 e. The van der Waals surface area contributed by atoms with Gasteiger partial charge in [-0.2, -0.15) is 4.31 Å². The smallest absolute Gasteiger partial charge is 0.243 e. The van der Waals surface area contributed by atoms with E-state index in [1.807, 2.05) is 29.2 Å². The van der Waals surface area contributed by atoms with E-state index in [-0.39, 0.29) is 29.2 Å². The fraction of sp³-hybridized carbons (Fsp3) is 0.417. The Hall–Kier alpha value is -2.71. The Morgan fingerprint density at radius 3 is 2.41 bits per heavy atom. The average Bonchev–Trinajstić information content (AvgIpc) is 3.23. The summed E-state index contributed by atoms with van der Waals surface area (Å²) in [5.74, 6) is -0.342. The number of hydrogen-bond donors (Lipinski definition) is 1. The van der Waals surface area contributed by atoms with Crippen LogP contribution in [-0.4, -0.2) is 49.1 Å². The van der Waals surface area contributed by atoms with E-state index in [2.05, 4.69) is 5.32 Å². The first-order chi connectivity index (χ1) is 15.4. The molecule has 2 fully saturated rings. The van der Waals surface area contributed by atoms with Gasteiger partial charge in [-0.3, -0.25) is 9.59 Å². The number of sulfonamides is 1. The van der Waals surface area contributed by atoms with Crippen LogP contribution >= 0.6 is 0 Å². The van der Waals surface area contributed by atoms with E-state index < -0.39 is 10.0 Å². The third kappa shape index (κ3) is 5.02. The van der Waals surface area contributed by atoms with Gasteiger partial charge in [0, 0.05) is 39.1 Å². The molecule has 2 aliphatic heterocycles. The molecule has 1 unspecified atom stereocenters. The molecule has 2 heterocycles. The molecule has 2 saturated heterocycles. The topological polar surface area (TPSA) is 86.8 Å². The predicted octanol–water partition coefficient (Wildman–Crippen LogP) is 2.53. The fourth-order valence-electron chi connectivity index (χ4n) is 4.40. The van der Waals surface area contributed by atoms with E-state index in [1.165, 1.54) is 4.31 Å². The summed E-state index contributed by atoms with van der Waals surface area (Å²) in [4.78, 5) is 27.0. The maximum Gasteiger partial charge on any atom is 0.243 e. The Balaban J connectivity index is 1.38. The van der Waals surface area contributed by atoms with Crippen LogP contribution in [-0.2, 0) is 32.7 Å². The number of carbonyl (C=O) groups is 2. The lowest BCUT2D eigenvalue weighted by molar-refractivity contribution is -0.128. The molecule has 170 valence electrons. The number of carbonyl (C=O) groups excluding carboxylic acids is 2. The van der Waals surface area contributed by atoms with Gasteiger partial charge in [-0.25, -0.2) is 8.42 Å². The molecule has 0 bridgehead atoms. The van der Waals surface area contributed by atoms with Gasteiger partial charge in [0.1, 0.15) is 0 Å². The first-order valence-corrected chi connectivity index (χ1v) is 12.6. The van der Waals surface area contributed by atoms with Crippen molar-refractivity contribution in [2.75, 3.05) is 19.6 Å². The summed E-state index contributed by atoms with van der Waals surface area (Å²) < 4.78 is 27.3. The molecule has 2 aromatic carbocycles. The van der Waals surface area contributed by atoms with E-state index >= 15 is 0 Å². The van der Waals surface area contributed by atoms with Crippen molar-refractivity contribution in [3.8, 4) is 0 Å². The number of nitrogens with zero attached hydrogens (tertiary/aromatic N) is 2. The van der Waals surface area contributed by atoms with Crippen molar-refractivity contribution in [3.05, 3.63) is 65.7 Å². The van der Waals surface area contributed by atoms with Crippen LogP contribution in [0.5, 0.6) is 0 Å². The van der Waals surface area contributed by atoms with Crippen LogP contribution in [0.4, 0.5) is 0 Å². The second-order valence-electron chi connectivity index (χ2n) is 8.42. The van der Waals surface area contributed by atoms with Crippen molar-refractivity contribution >= 4 is 21.8 Å². The molecule has 2 amide bonds. The molecule has 32 heavy (non-hydrogen) atoms. The molecular formula is C24H29N3O4S. The molecule has 2 aromatic rings. The molecule has 0 aromatic heterocycles. The maximum absolute atomic E-state index is 12.9. The summed E-state index contributed by atoms with van der Waals surface area (Å²) in [6.45, 7) is 2.30. The molecule has 7 nitrogen and oxygen atoms in total. The highest BCUT2D eigenvalue weighted by Crippen LogP contribution is 2.24. The highest BCUT2D eigenvalue weighted by atomic mass is 32.2. The van der Waals surface area contributed by atoms with E-state index in [1.54, 1.807) is 30.3 Å². The Bertz CT molecular complexity index is 1070. The van der Waals surface area contributed by atoms with Gasteiger partial charge in [-0.1, -0.05) is 42.5 Å². The summed E-state index contributed by atoms with van der Waals surface area (Å²) in [5, 5.41) is 2.99. The first kappa shape index (κ1) is 22.5. The zero-order valence-electron chi connectivity index (χ0n) is 18.1. The van der Waals surface area contributed by atoms with Gasteiger partial charge in [0.25, 0.3) is 0 Å². The minimum absolute atomic E-state index is 0.134. The van der Waals surface area contributed by atoms with Crippen LogP contribution < -0.4 is 5.32 Å². The highest BCUT2D eigenvalue weighted by Gasteiger charge is 2.33. The minimum Gasteiger partial charge on any atom is -0.352 e. The Kier molecular flexibility index (Phi) is 6.91. The standard InChI is InChI=1S/C24H29N3O4S/c28-23-13-7-14-26(23)17-20-9-5-4-8-19(20)16-25-24(29)21-10-6-15-27(18-21)32(30,31)22-11-2-1-3-12-22/h1-5,8-9,11-12,21H,6-7,10,13-18H2,(H,25,29). The van der Waals surface area contributed by atoms with Crippen molar-refractivity contribution in [1.82, 2.24) is 14.5 Å². The van der Waals surface area contributed by atoms with Crippen LogP contribution in [0.25, 0.3) is 0 Å². The van der Waals surface area contributed by atoms with Crippen molar-refractivity contribution < 1.29 is 18.0 Å². The lowest BCUT2D eigenvalue weighted by atomic mass is 9.98. The Morgan fingerprint density at radius 1 is 0.969 bits per heavy atom. The van der Waals surface area contributed by atoms with E-state index in [4.69, 9.17) is 0 Å². The number of likely N-dealkylation sites (tertiary alicyclic amines) is 1. The molecule has 1 N–H and O–H groups in total. The number of nitrogens with one attached hydrogen (secondary N) is 1. The zero-order valence-corrected chi connectivity index (χ0v) is 18.9. The SMILES string of the molecule is O=C(NCc1ccccc1CN1CCCC1=O)C1CCCN(S(=O)(=O)c2ccccc2)C1. The first-order valence-electron chi connectivity index (χ1n) is 11.1. The zero-order chi connectivity index (χ0) is 22.6. The number of rotatable bonds is 7. The maximum atomic E-state index is 12.9. The molecule has 0 saturated carbocycles. The van der Waals surface area contributed by atoms with Gasteiger partial charge in [-0.15, -0.1) is 0 Å². The predicted molar refractivity (Wildman–Crippen MR) is 121 cm³/mol. The number of amides is 2. The van der Waals surface area contributed by atoms with Crippen LogP contribution in [0.2, 0.25) is 0 Å². The second-order valence-corrected chi connectivity index (χ2v) is 10.4. The van der Waals surface area contributed by atoms with Gasteiger partial charge >= 0.3 is 0 Å². The van der Waals surface area contributed by atoms with Gasteiger partial charge in [0.2, 0.25) is 21.8 Å². The summed E-state index contributed by atoms with van der Waals surface area (Å²) >= 11 is 0. The molecule has 1 atom stereocenters. The third-order valence-corrected chi connectivity index (χ3v) is 8.12. The van der Waals surface area contributed by atoms with E-state index in [9.17, 15) is 18.0 Å². The minimum atomic E-state index is -3.61.